The SMILES string of the molecule is CCC1CCC(NC)C(CN(C)C(C)(C)CO)C1. The predicted molar refractivity (Wildman–Crippen MR) is 77.8 cm³/mol. The summed E-state index contributed by atoms with van der Waals surface area (Å²) in [4.78, 5) is 2.32. The lowest BCUT2D eigenvalue weighted by Crippen LogP contribution is -2.50. The molecule has 1 saturated carbocycles. The normalized spacial score (nSPS) is 29.8. The van der Waals surface area contributed by atoms with E-state index >= 15 is 0 Å². The van der Waals surface area contributed by atoms with Gasteiger partial charge in [0.1, 0.15) is 0 Å². The van der Waals surface area contributed by atoms with E-state index < -0.39 is 0 Å². The van der Waals surface area contributed by atoms with Crippen molar-refractivity contribution in [3.63, 3.8) is 0 Å². The molecule has 3 atom stereocenters. The molecule has 1 aliphatic carbocycles. The van der Waals surface area contributed by atoms with Crippen LogP contribution in [0.5, 0.6) is 0 Å². The quantitative estimate of drug-likeness (QED) is 0.764. The van der Waals surface area contributed by atoms with Gasteiger partial charge in [0.15, 0.2) is 0 Å². The van der Waals surface area contributed by atoms with Crippen LogP contribution in [0.1, 0.15) is 46.5 Å². The van der Waals surface area contributed by atoms with Crippen LogP contribution in [0.3, 0.4) is 0 Å². The van der Waals surface area contributed by atoms with Crippen LogP contribution < -0.4 is 5.32 Å². The van der Waals surface area contributed by atoms with Gasteiger partial charge in [0.25, 0.3) is 0 Å². The Hall–Kier alpha value is -0.120. The average Bonchev–Trinajstić information content (AvgIpc) is 2.38. The number of hydrogen-bond donors (Lipinski definition) is 2. The monoisotopic (exact) mass is 256 g/mol. The molecule has 0 heterocycles. The molecule has 0 aromatic rings. The van der Waals surface area contributed by atoms with Gasteiger partial charge >= 0.3 is 0 Å². The largest absolute Gasteiger partial charge is 0.394 e. The number of likely N-dealkylation sites (N-methyl/N-ethyl adjacent to an activating group) is 1. The van der Waals surface area contributed by atoms with E-state index in [4.69, 9.17) is 0 Å². The number of aliphatic hydroxyl groups is 1. The van der Waals surface area contributed by atoms with Crippen molar-refractivity contribution in [1.29, 1.82) is 0 Å². The van der Waals surface area contributed by atoms with Gasteiger partial charge in [-0.25, -0.2) is 0 Å². The second kappa shape index (κ2) is 6.88. The van der Waals surface area contributed by atoms with Crippen LogP contribution in [-0.2, 0) is 0 Å². The molecular weight excluding hydrogens is 224 g/mol. The standard InChI is InChI=1S/C15H32N2O/c1-6-12-7-8-14(16-4)13(9-12)10-17(5)15(2,3)11-18/h12-14,16,18H,6-11H2,1-5H3. The molecule has 0 aromatic heterocycles. The second-order valence-electron chi connectivity index (χ2n) is 6.59. The molecule has 18 heavy (non-hydrogen) atoms. The van der Waals surface area contributed by atoms with Gasteiger partial charge in [-0.15, -0.1) is 0 Å². The number of rotatable bonds is 6. The molecule has 0 amide bonds. The van der Waals surface area contributed by atoms with Crippen molar-refractivity contribution < 1.29 is 5.11 Å². The minimum atomic E-state index is -0.114. The van der Waals surface area contributed by atoms with E-state index in [0.717, 1.165) is 12.5 Å². The minimum absolute atomic E-state index is 0.114. The summed E-state index contributed by atoms with van der Waals surface area (Å²) in [7, 11) is 4.22. The summed E-state index contributed by atoms with van der Waals surface area (Å²) in [5, 5.41) is 12.9. The highest BCUT2D eigenvalue weighted by atomic mass is 16.3. The fourth-order valence-electron chi connectivity index (χ4n) is 3.03. The third kappa shape index (κ3) is 3.94. The van der Waals surface area contributed by atoms with E-state index in [-0.39, 0.29) is 12.1 Å². The van der Waals surface area contributed by atoms with Gasteiger partial charge in [0.2, 0.25) is 0 Å². The van der Waals surface area contributed by atoms with Gasteiger partial charge in [0.05, 0.1) is 6.61 Å². The third-order valence-electron chi connectivity index (χ3n) is 4.97. The van der Waals surface area contributed by atoms with E-state index in [1.54, 1.807) is 0 Å². The molecule has 0 aromatic carbocycles. The molecule has 3 nitrogen and oxygen atoms in total. The van der Waals surface area contributed by atoms with Gasteiger partial charge in [-0.2, -0.15) is 0 Å². The molecule has 0 spiro atoms. The van der Waals surface area contributed by atoms with E-state index in [1.165, 1.54) is 25.7 Å². The Kier molecular flexibility index (Phi) is 6.09. The van der Waals surface area contributed by atoms with E-state index in [9.17, 15) is 5.11 Å². The van der Waals surface area contributed by atoms with Crippen LogP contribution in [0, 0.1) is 11.8 Å². The Morgan fingerprint density at radius 2 is 2.00 bits per heavy atom. The molecule has 1 rings (SSSR count). The summed E-state index contributed by atoms with van der Waals surface area (Å²) in [5.74, 6) is 1.61. The van der Waals surface area contributed by atoms with Gasteiger partial charge < -0.3 is 10.4 Å². The van der Waals surface area contributed by atoms with Gasteiger partial charge in [-0.1, -0.05) is 13.3 Å². The lowest BCUT2D eigenvalue weighted by molar-refractivity contribution is 0.0485. The van der Waals surface area contributed by atoms with Gasteiger partial charge in [-0.05, 0) is 59.0 Å². The Labute approximate surface area is 113 Å². The van der Waals surface area contributed by atoms with Crippen molar-refractivity contribution in [2.24, 2.45) is 11.8 Å². The Balaban J connectivity index is 2.60. The zero-order chi connectivity index (χ0) is 13.8. The van der Waals surface area contributed by atoms with Crippen LogP contribution in [0.15, 0.2) is 0 Å². The zero-order valence-electron chi connectivity index (χ0n) is 12.9. The van der Waals surface area contributed by atoms with Crippen LogP contribution >= 0.6 is 0 Å². The summed E-state index contributed by atoms with van der Waals surface area (Å²) in [6.45, 7) is 7.83. The van der Waals surface area contributed by atoms with Crippen molar-refractivity contribution in [2.45, 2.75) is 58.0 Å². The highest BCUT2D eigenvalue weighted by molar-refractivity contribution is 4.88. The summed E-state index contributed by atoms with van der Waals surface area (Å²) < 4.78 is 0. The predicted octanol–water partition coefficient (Wildman–Crippen LogP) is 2.10. The van der Waals surface area contributed by atoms with Crippen molar-refractivity contribution in [3.8, 4) is 0 Å². The molecule has 3 heteroatoms. The maximum atomic E-state index is 9.46. The summed E-state index contributed by atoms with van der Waals surface area (Å²) >= 11 is 0. The molecule has 1 aliphatic rings. The number of aliphatic hydroxyl groups excluding tert-OH is 1. The minimum Gasteiger partial charge on any atom is -0.394 e. The molecule has 1 fully saturated rings. The highest BCUT2D eigenvalue weighted by Gasteiger charge is 2.32. The smallest absolute Gasteiger partial charge is 0.0609 e. The molecule has 0 saturated heterocycles. The van der Waals surface area contributed by atoms with Gasteiger partial charge in [0, 0.05) is 18.1 Å². The first-order valence-electron chi connectivity index (χ1n) is 7.44. The first-order valence-corrected chi connectivity index (χ1v) is 7.44. The van der Waals surface area contributed by atoms with E-state index in [1.807, 2.05) is 0 Å². The summed E-state index contributed by atoms with van der Waals surface area (Å²) in [6.07, 6.45) is 5.30. The molecule has 3 unspecified atom stereocenters. The summed E-state index contributed by atoms with van der Waals surface area (Å²) in [5.41, 5.74) is -0.114. The molecular formula is C15H32N2O. The molecule has 0 aliphatic heterocycles. The van der Waals surface area contributed by atoms with Crippen LogP contribution in [0.25, 0.3) is 0 Å². The van der Waals surface area contributed by atoms with Crippen molar-refractivity contribution in [2.75, 3.05) is 27.2 Å². The van der Waals surface area contributed by atoms with Crippen molar-refractivity contribution >= 4 is 0 Å². The topological polar surface area (TPSA) is 35.5 Å². The second-order valence-corrected chi connectivity index (χ2v) is 6.59. The molecule has 0 bridgehead atoms. The van der Waals surface area contributed by atoms with Crippen molar-refractivity contribution in [3.05, 3.63) is 0 Å². The first-order chi connectivity index (χ1) is 8.44. The van der Waals surface area contributed by atoms with Crippen molar-refractivity contribution in [1.82, 2.24) is 10.2 Å². The fourth-order valence-corrected chi connectivity index (χ4v) is 3.03. The van der Waals surface area contributed by atoms with Gasteiger partial charge in [-0.3, -0.25) is 4.90 Å². The summed E-state index contributed by atoms with van der Waals surface area (Å²) in [6, 6.07) is 0.643. The van der Waals surface area contributed by atoms with Crippen LogP contribution in [0.2, 0.25) is 0 Å². The third-order valence-corrected chi connectivity index (χ3v) is 4.97. The maximum Gasteiger partial charge on any atom is 0.0609 e. The molecule has 2 N–H and O–H groups in total. The Morgan fingerprint density at radius 3 is 2.50 bits per heavy atom. The van der Waals surface area contributed by atoms with Crippen LogP contribution in [0.4, 0.5) is 0 Å². The highest BCUT2D eigenvalue weighted by Crippen LogP contribution is 2.32. The van der Waals surface area contributed by atoms with E-state index in [0.29, 0.717) is 12.0 Å². The Morgan fingerprint density at radius 1 is 1.33 bits per heavy atom. The number of hydrogen-bond acceptors (Lipinski definition) is 3. The average molecular weight is 256 g/mol. The maximum absolute atomic E-state index is 9.46. The zero-order valence-corrected chi connectivity index (χ0v) is 12.9. The first kappa shape index (κ1) is 15.9. The lowest BCUT2D eigenvalue weighted by atomic mass is 9.76. The number of nitrogens with zero attached hydrogens (tertiary/aromatic N) is 1. The molecule has 0 radical (unpaired) electrons. The van der Waals surface area contributed by atoms with E-state index in [2.05, 4.69) is 45.1 Å². The lowest BCUT2D eigenvalue weighted by Gasteiger charge is -2.42. The fraction of sp³-hybridized carbons (Fsp3) is 1.00. The van der Waals surface area contributed by atoms with Crippen LogP contribution in [-0.4, -0.2) is 48.8 Å². The number of nitrogens with one attached hydrogen (secondary N) is 1. The molecule has 108 valence electrons. The Bertz CT molecular complexity index is 243.